The fraction of sp³-hybridized carbons (Fsp3) is 0.923. The summed E-state index contributed by atoms with van der Waals surface area (Å²) in [5.74, 6) is 0.929. The molecule has 2 saturated heterocycles. The molecule has 2 aliphatic rings. The Morgan fingerprint density at radius 2 is 2.06 bits per heavy atom. The van der Waals surface area contributed by atoms with Crippen LogP contribution in [0.5, 0.6) is 0 Å². The highest BCUT2D eigenvalue weighted by Gasteiger charge is 2.28. The first-order valence-electron chi connectivity index (χ1n) is 6.98. The molecule has 18 heavy (non-hydrogen) atoms. The van der Waals surface area contributed by atoms with Gasteiger partial charge in [-0.25, -0.2) is 0 Å². The molecule has 2 rings (SSSR count). The standard InChI is InChI=1S/C13H25N3O2/c1-10(2)12(16-3-5-18-6-4-16)9-15-13(17)11-7-14-8-11/h10-12,14H,3-9H2,1-2H3,(H,15,17). The van der Waals surface area contributed by atoms with Gasteiger partial charge in [-0.2, -0.15) is 0 Å². The van der Waals surface area contributed by atoms with E-state index in [2.05, 4.69) is 29.4 Å². The third-order valence-corrected chi connectivity index (χ3v) is 3.92. The van der Waals surface area contributed by atoms with Crippen LogP contribution in [0.2, 0.25) is 0 Å². The minimum atomic E-state index is 0.183. The Kier molecular flexibility index (Phi) is 4.97. The lowest BCUT2D eigenvalue weighted by molar-refractivity contribution is -0.126. The SMILES string of the molecule is CC(C)C(CNC(=O)C1CNC1)N1CCOCC1. The number of morpholine rings is 1. The average molecular weight is 255 g/mol. The predicted octanol–water partition coefficient (Wildman–Crippen LogP) is -0.321. The van der Waals surface area contributed by atoms with Gasteiger partial charge in [0.15, 0.2) is 0 Å². The Hall–Kier alpha value is -0.650. The molecular formula is C13H25N3O2. The van der Waals surface area contributed by atoms with Gasteiger partial charge in [0, 0.05) is 38.8 Å². The summed E-state index contributed by atoms with van der Waals surface area (Å²) in [6, 6.07) is 0.422. The van der Waals surface area contributed by atoms with Crippen molar-refractivity contribution in [3.05, 3.63) is 0 Å². The molecule has 2 fully saturated rings. The quantitative estimate of drug-likeness (QED) is 0.707. The molecule has 1 atom stereocenters. The second kappa shape index (κ2) is 6.50. The van der Waals surface area contributed by atoms with Crippen LogP contribution in [0.3, 0.4) is 0 Å². The number of carbonyl (C=O) groups is 1. The molecule has 1 amide bonds. The number of ether oxygens (including phenoxy) is 1. The van der Waals surface area contributed by atoms with E-state index in [4.69, 9.17) is 4.74 Å². The molecule has 0 aliphatic carbocycles. The number of amides is 1. The summed E-state index contributed by atoms with van der Waals surface area (Å²) in [6.45, 7) is 10.4. The van der Waals surface area contributed by atoms with Crippen LogP contribution in [0.25, 0.3) is 0 Å². The lowest BCUT2D eigenvalue weighted by atomic mass is 10.00. The van der Waals surface area contributed by atoms with Crippen LogP contribution in [-0.4, -0.2) is 62.8 Å². The van der Waals surface area contributed by atoms with E-state index >= 15 is 0 Å². The molecule has 2 aliphatic heterocycles. The first-order valence-corrected chi connectivity index (χ1v) is 6.98. The zero-order valence-electron chi connectivity index (χ0n) is 11.4. The van der Waals surface area contributed by atoms with Crippen molar-refractivity contribution in [2.24, 2.45) is 11.8 Å². The van der Waals surface area contributed by atoms with Crippen molar-refractivity contribution < 1.29 is 9.53 Å². The van der Waals surface area contributed by atoms with E-state index in [1.807, 2.05) is 0 Å². The molecule has 2 N–H and O–H groups in total. The van der Waals surface area contributed by atoms with Gasteiger partial charge >= 0.3 is 0 Å². The van der Waals surface area contributed by atoms with Crippen molar-refractivity contribution in [3.8, 4) is 0 Å². The molecule has 5 heteroatoms. The summed E-state index contributed by atoms with van der Waals surface area (Å²) >= 11 is 0. The first kappa shape index (κ1) is 13.8. The molecule has 0 aromatic carbocycles. The van der Waals surface area contributed by atoms with E-state index < -0.39 is 0 Å². The Bertz CT molecular complexity index is 273. The minimum Gasteiger partial charge on any atom is -0.379 e. The first-order chi connectivity index (χ1) is 8.68. The molecule has 104 valence electrons. The molecule has 0 radical (unpaired) electrons. The van der Waals surface area contributed by atoms with Gasteiger partial charge in [0.2, 0.25) is 5.91 Å². The zero-order valence-corrected chi connectivity index (χ0v) is 11.4. The van der Waals surface area contributed by atoms with Crippen LogP contribution >= 0.6 is 0 Å². The van der Waals surface area contributed by atoms with Gasteiger partial charge in [-0.15, -0.1) is 0 Å². The molecule has 0 aromatic rings. The zero-order chi connectivity index (χ0) is 13.0. The highest BCUT2D eigenvalue weighted by molar-refractivity contribution is 5.80. The van der Waals surface area contributed by atoms with Crippen molar-refractivity contribution in [2.45, 2.75) is 19.9 Å². The maximum Gasteiger partial charge on any atom is 0.225 e. The fourth-order valence-electron chi connectivity index (χ4n) is 2.52. The second-order valence-corrected chi connectivity index (χ2v) is 5.56. The van der Waals surface area contributed by atoms with Gasteiger partial charge in [0.1, 0.15) is 0 Å². The lowest BCUT2D eigenvalue weighted by Crippen LogP contribution is -2.55. The molecule has 2 heterocycles. The summed E-state index contributed by atoms with van der Waals surface area (Å²) in [4.78, 5) is 14.3. The molecule has 0 saturated carbocycles. The van der Waals surface area contributed by atoms with E-state index in [9.17, 15) is 4.79 Å². The van der Waals surface area contributed by atoms with Gasteiger partial charge < -0.3 is 15.4 Å². The summed E-state index contributed by atoms with van der Waals surface area (Å²) in [5.41, 5.74) is 0. The van der Waals surface area contributed by atoms with Crippen LogP contribution < -0.4 is 10.6 Å². The van der Waals surface area contributed by atoms with Crippen LogP contribution in [-0.2, 0) is 9.53 Å². The average Bonchev–Trinajstić information content (AvgIpc) is 2.28. The van der Waals surface area contributed by atoms with E-state index in [0.717, 1.165) is 45.9 Å². The van der Waals surface area contributed by atoms with Crippen LogP contribution in [0, 0.1) is 11.8 Å². The van der Waals surface area contributed by atoms with Crippen molar-refractivity contribution in [1.29, 1.82) is 0 Å². The fourth-order valence-corrected chi connectivity index (χ4v) is 2.52. The number of hydrogen-bond acceptors (Lipinski definition) is 4. The van der Waals surface area contributed by atoms with Gasteiger partial charge in [0.25, 0.3) is 0 Å². The van der Waals surface area contributed by atoms with Gasteiger partial charge in [-0.3, -0.25) is 9.69 Å². The van der Waals surface area contributed by atoms with E-state index in [1.165, 1.54) is 0 Å². The number of nitrogens with zero attached hydrogens (tertiary/aromatic N) is 1. The van der Waals surface area contributed by atoms with Crippen molar-refractivity contribution >= 4 is 5.91 Å². The second-order valence-electron chi connectivity index (χ2n) is 5.56. The highest BCUT2D eigenvalue weighted by Crippen LogP contribution is 2.12. The molecule has 0 bridgehead atoms. The largest absolute Gasteiger partial charge is 0.379 e. The Balaban J connectivity index is 1.79. The summed E-state index contributed by atoms with van der Waals surface area (Å²) < 4.78 is 5.38. The third-order valence-electron chi connectivity index (χ3n) is 3.92. The summed E-state index contributed by atoms with van der Waals surface area (Å²) in [5, 5.41) is 6.23. The Morgan fingerprint density at radius 1 is 1.39 bits per heavy atom. The number of rotatable bonds is 5. The monoisotopic (exact) mass is 255 g/mol. The Morgan fingerprint density at radius 3 is 2.56 bits per heavy atom. The van der Waals surface area contributed by atoms with Crippen LogP contribution in [0.15, 0.2) is 0 Å². The molecular weight excluding hydrogens is 230 g/mol. The third kappa shape index (κ3) is 3.43. The van der Waals surface area contributed by atoms with Crippen molar-refractivity contribution in [3.63, 3.8) is 0 Å². The maximum absolute atomic E-state index is 11.8. The summed E-state index contributed by atoms with van der Waals surface area (Å²) in [7, 11) is 0. The number of nitrogens with one attached hydrogen (secondary N) is 2. The molecule has 5 nitrogen and oxygen atoms in total. The lowest BCUT2D eigenvalue weighted by Gasteiger charge is -2.37. The minimum absolute atomic E-state index is 0.183. The van der Waals surface area contributed by atoms with Gasteiger partial charge in [0.05, 0.1) is 19.1 Å². The molecule has 0 aromatic heterocycles. The molecule has 1 unspecified atom stereocenters. The van der Waals surface area contributed by atoms with Crippen molar-refractivity contribution in [1.82, 2.24) is 15.5 Å². The van der Waals surface area contributed by atoms with E-state index in [0.29, 0.717) is 12.0 Å². The smallest absolute Gasteiger partial charge is 0.225 e. The van der Waals surface area contributed by atoms with Crippen molar-refractivity contribution in [2.75, 3.05) is 45.9 Å². The van der Waals surface area contributed by atoms with Gasteiger partial charge in [-0.1, -0.05) is 13.8 Å². The Labute approximate surface area is 109 Å². The molecule has 0 spiro atoms. The topological polar surface area (TPSA) is 53.6 Å². The van der Waals surface area contributed by atoms with Crippen LogP contribution in [0.4, 0.5) is 0 Å². The number of hydrogen-bond donors (Lipinski definition) is 2. The van der Waals surface area contributed by atoms with Crippen LogP contribution in [0.1, 0.15) is 13.8 Å². The number of carbonyl (C=O) groups excluding carboxylic acids is 1. The van der Waals surface area contributed by atoms with E-state index in [-0.39, 0.29) is 11.8 Å². The normalized spacial score (nSPS) is 23.7. The maximum atomic E-state index is 11.8. The summed E-state index contributed by atoms with van der Waals surface area (Å²) in [6.07, 6.45) is 0. The predicted molar refractivity (Wildman–Crippen MR) is 70.4 cm³/mol. The highest BCUT2D eigenvalue weighted by atomic mass is 16.5. The van der Waals surface area contributed by atoms with Gasteiger partial charge in [-0.05, 0) is 5.92 Å². The van der Waals surface area contributed by atoms with E-state index in [1.54, 1.807) is 0 Å².